The number of anilines is 1. The van der Waals surface area contributed by atoms with Crippen LogP contribution in [0.15, 0.2) is 42.5 Å². The van der Waals surface area contributed by atoms with Crippen LogP contribution in [0.2, 0.25) is 0 Å². The van der Waals surface area contributed by atoms with E-state index in [4.69, 9.17) is 4.74 Å². The first-order valence-corrected chi connectivity index (χ1v) is 6.41. The SMILES string of the molecule is CCc1cccc(NC(=O)c2ccc(OC)cc2O)c1. The number of ether oxygens (including phenoxy) is 1. The van der Waals surface area contributed by atoms with Crippen molar-refractivity contribution in [1.82, 2.24) is 0 Å². The van der Waals surface area contributed by atoms with Crippen LogP contribution in [0.5, 0.6) is 11.5 Å². The van der Waals surface area contributed by atoms with Crippen LogP contribution in [-0.2, 0) is 6.42 Å². The van der Waals surface area contributed by atoms with Gasteiger partial charge in [-0.2, -0.15) is 0 Å². The van der Waals surface area contributed by atoms with Gasteiger partial charge in [0.1, 0.15) is 11.5 Å². The first-order chi connectivity index (χ1) is 9.63. The minimum Gasteiger partial charge on any atom is -0.507 e. The molecule has 2 rings (SSSR count). The lowest BCUT2D eigenvalue weighted by molar-refractivity contribution is 0.102. The summed E-state index contributed by atoms with van der Waals surface area (Å²) in [5.41, 5.74) is 2.07. The highest BCUT2D eigenvalue weighted by atomic mass is 16.5. The lowest BCUT2D eigenvalue weighted by atomic mass is 10.1. The third kappa shape index (κ3) is 3.09. The van der Waals surface area contributed by atoms with Gasteiger partial charge in [-0.05, 0) is 36.2 Å². The molecule has 0 fully saturated rings. The van der Waals surface area contributed by atoms with Gasteiger partial charge in [0.2, 0.25) is 0 Å². The number of aromatic hydroxyl groups is 1. The topological polar surface area (TPSA) is 58.6 Å². The first-order valence-electron chi connectivity index (χ1n) is 6.41. The molecule has 0 spiro atoms. The van der Waals surface area contributed by atoms with Crippen LogP contribution >= 0.6 is 0 Å². The summed E-state index contributed by atoms with van der Waals surface area (Å²) in [5, 5.41) is 12.6. The van der Waals surface area contributed by atoms with E-state index in [0.29, 0.717) is 11.4 Å². The van der Waals surface area contributed by atoms with Gasteiger partial charge < -0.3 is 15.2 Å². The molecule has 2 aromatic rings. The molecule has 0 aliphatic heterocycles. The van der Waals surface area contributed by atoms with Crippen molar-refractivity contribution in [2.45, 2.75) is 13.3 Å². The van der Waals surface area contributed by atoms with E-state index in [1.165, 1.54) is 19.2 Å². The molecule has 0 heterocycles. The Bertz CT molecular complexity index is 623. The molecule has 4 nitrogen and oxygen atoms in total. The second kappa shape index (κ2) is 6.10. The predicted molar refractivity (Wildman–Crippen MR) is 78.4 cm³/mol. The number of amides is 1. The molecule has 0 atom stereocenters. The monoisotopic (exact) mass is 271 g/mol. The number of phenolic OH excluding ortho intramolecular Hbond substituents is 1. The standard InChI is InChI=1S/C16H17NO3/c1-3-11-5-4-6-12(9-11)17-16(19)14-8-7-13(20-2)10-15(14)18/h4-10,18H,3H2,1-2H3,(H,17,19). The average Bonchev–Trinajstić information content (AvgIpc) is 2.47. The number of phenols is 1. The van der Waals surface area contributed by atoms with Crippen LogP contribution in [-0.4, -0.2) is 18.1 Å². The maximum atomic E-state index is 12.1. The summed E-state index contributed by atoms with van der Waals surface area (Å²) in [6, 6.07) is 12.2. The quantitative estimate of drug-likeness (QED) is 0.897. The van der Waals surface area contributed by atoms with E-state index in [1.54, 1.807) is 6.07 Å². The molecule has 2 N–H and O–H groups in total. The Balaban J connectivity index is 2.19. The summed E-state index contributed by atoms with van der Waals surface area (Å²) in [6.07, 6.45) is 0.900. The lowest BCUT2D eigenvalue weighted by Crippen LogP contribution is -2.12. The third-order valence-electron chi connectivity index (χ3n) is 3.04. The van der Waals surface area contributed by atoms with E-state index in [-0.39, 0.29) is 17.2 Å². The number of hydrogen-bond donors (Lipinski definition) is 2. The number of carbonyl (C=O) groups excluding carboxylic acids is 1. The smallest absolute Gasteiger partial charge is 0.259 e. The number of benzene rings is 2. The van der Waals surface area contributed by atoms with Crippen molar-refractivity contribution in [3.05, 3.63) is 53.6 Å². The van der Waals surface area contributed by atoms with E-state index in [2.05, 4.69) is 12.2 Å². The zero-order valence-electron chi connectivity index (χ0n) is 11.5. The molecule has 0 aromatic heterocycles. The van der Waals surface area contributed by atoms with Gasteiger partial charge in [-0.15, -0.1) is 0 Å². The Hall–Kier alpha value is -2.49. The van der Waals surface area contributed by atoms with Crippen molar-refractivity contribution in [2.24, 2.45) is 0 Å². The highest BCUT2D eigenvalue weighted by Gasteiger charge is 2.12. The van der Waals surface area contributed by atoms with Crippen LogP contribution < -0.4 is 10.1 Å². The molecular weight excluding hydrogens is 254 g/mol. The average molecular weight is 271 g/mol. The fourth-order valence-corrected chi connectivity index (χ4v) is 1.90. The minimum absolute atomic E-state index is 0.103. The van der Waals surface area contributed by atoms with E-state index < -0.39 is 0 Å². The molecule has 104 valence electrons. The third-order valence-corrected chi connectivity index (χ3v) is 3.04. The van der Waals surface area contributed by atoms with Crippen LogP contribution in [0.3, 0.4) is 0 Å². The van der Waals surface area contributed by atoms with E-state index in [0.717, 1.165) is 12.0 Å². The number of hydrogen-bond acceptors (Lipinski definition) is 3. The molecule has 1 amide bonds. The molecule has 0 saturated heterocycles. The van der Waals surface area contributed by atoms with Crippen molar-refractivity contribution in [1.29, 1.82) is 0 Å². The molecule has 0 aliphatic carbocycles. The molecule has 20 heavy (non-hydrogen) atoms. The number of aryl methyl sites for hydroxylation is 1. The minimum atomic E-state index is -0.349. The predicted octanol–water partition coefficient (Wildman–Crippen LogP) is 3.22. The lowest BCUT2D eigenvalue weighted by Gasteiger charge is -2.09. The molecule has 2 aromatic carbocycles. The summed E-state index contributed by atoms with van der Waals surface area (Å²) in [7, 11) is 1.50. The van der Waals surface area contributed by atoms with Crippen molar-refractivity contribution in [3.8, 4) is 11.5 Å². The van der Waals surface area contributed by atoms with E-state index in [9.17, 15) is 9.90 Å². The van der Waals surface area contributed by atoms with Crippen molar-refractivity contribution >= 4 is 11.6 Å². The van der Waals surface area contributed by atoms with Gasteiger partial charge >= 0.3 is 0 Å². The Labute approximate surface area is 118 Å². The number of nitrogens with one attached hydrogen (secondary N) is 1. The largest absolute Gasteiger partial charge is 0.507 e. The molecule has 0 unspecified atom stereocenters. The molecule has 0 radical (unpaired) electrons. The summed E-state index contributed by atoms with van der Waals surface area (Å²) in [6.45, 7) is 2.05. The Morgan fingerprint density at radius 3 is 2.70 bits per heavy atom. The van der Waals surface area contributed by atoms with Gasteiger partial charge in [0.25, 0.3) is 5.91 Å². The highest BCUT2D eigenvalue weighted by molar-refractivity contribution is 6.06. The van der Waals surface area contributed by atoms with Gasteiger partial charge in [-0.3, -0.25) is 4.79 Å². The van der Waals surface area contributed by atoms with Gasteiger partial charge in [0, 0.05) is 11.8 Å². The zero-order valence-corrected chi connectivity index (χ0v) is 11.5. The van der Waals surface area contributed by atoms with Crippen molar-refractivity contribution in [2.75, 3.05) is 12.4 Å². The van der Waals surface area contributed by atoms with Crippen LogP contribution in [0.4, 0.5) is 5.69 Å². The second-order valence-electron chi connectivity index (χ2n) is 4.39. The molecule has 0 aliphatic rings. The summed E-state index contributed by atoms with van der Waals surface area (Å²) in [5.74, 6) is 0.0546. The van der Waals surface area contributed by atoms with Crippen molar-refractivity contribution < 1.29 is 14.6 Å². The Kier molecular flexibility index (Phi) is 4.25. The summed E-state index contributed by atoms with van der Waals surface area (Å²) in [4.78, 5) is 12.1. The molecule has 4 heteroatoms. The van der Waals surface area contributed by atoms with Crippen LogP contribution in [0.1, 0.15) is 22.8 Å². The zero-order chi connectivity index (χ0) is 14.5. The highest BCUT2D eigenvalue weighted by Crippen LogP contribution is 2.24. The fourth-order valence-electron chi connectivity index (χ4n) is 1.90. The normalized spacial score (nSPS) is 10.1. The van der Waals surface area contributed by atoms with Gasteiger partial charge in [0.15, 0.2) is 0 Å². The number of rotatable bonds is 4. The van der Waals surface area contributed by atoms with Gasteiger partial charge in [0.05, 0.1) is 12.7 Å². The number of methoxy groups -OCH3 is 1. The van der Waals surface area contributed by atoms with E-state index >= 15 is 0 Å². The summed E-state index contributed by atoms with van der Waals surface area (Å²) < 4.78 is 4.99. The van der Waals surface area contributed by atoms with Crippen LogP contribution in [0.25, 0.3) is 0 Å². The van der Waals surface area contributed by atoms with E-state index in [1.807, 2.05) is 24.3 Å². The van der Waals surface area contributed by atoms with Crippen molar-refractivity contribution in [3.63, 3.8) is 0 Å². The maximum absolute atomic E-state index is 12.1. The fraction of sp³-hybridized carbons (Fsp3) is 0.188. The maximum Gasteiger partial charge on any atom is 0.259 e. The first kappa shape index (κ1) is 13.9. The second-order valence-corrected chi connectivity index (χ2v) is 4.39. The number of carbonyl (C=O) groups is 1. The molecular formula is C16H17NO3. The molecule has 0 saturated carbocycles. The van der Waals surface area contributed by atoms with Gasteiger partial charge in [-0.1, -0.05) is 19.1 Å². The Morgan fingerprint density at radius 2 is 2.05 bits per heavy atom. The summed E-state index contributed by atoms with van der Waals surface area (Å²) >= 11 is 0. The molecule has 0 bridgehead atoms. The van der Waals surface area contributed by atoms with Gasteiger partial charge in [-0.25, -0.2) is 0 Å². The Morgan fingerprint density at radius 1 is 1.25 bits per heavy atom. The van der Waals surface area contributed by atoms with Crippen LogP contribution in [0, 0.1) is 0 Å².